The molecule has 0 aromatic rings. The Bertz CT molecular complexity index is 471. The van der Waals surface area contributed by atoms with Gasteiger partial charge in [-0.1, -0.05) is 12.2 Å². The molecule has 0 aromatic carbocycles. The number of carbonyl (C=O) groups excluding carboxylic acids is 1. The van der Waals surface area contributed by atoms with Gasteiger partial charge in [-0.2, -0.15) is 5.26 Å². The van der Waals surface area contributed by atoms with Crippen molar-refractivity contribution in [1.82, 2.24) is 5.32 Å². The van der Waals surface area contributed by atoms with E-state index in [2.05, 4.69) is 11.2 Å². The van der Waals surface area contributed by atoms with Gasteiger partial charge >= 0.3 is 0 Å². The number of aliphatic hydroxyl groups excluding tert-OH is 1. The molecule has 0 atom stereocenters. The van der Waals surface area contributed by atoms with Crippen LogP contribution in [0.3, 0.4) is 0 Å². The van der Waals surface area contributed by atoms with Gasteiger partial charge in [-0.25, -0.2) is 0 Å². The van der Waals surface area contributed by atoms with Crippen LogP contribution in [-0.4, -0.2) is 11.0 Å². The van der Waals surface area contributed by atoms with Gasteiger partial charge in [0.1, 0.15) is 11.8 Å². The molecule has 0 rings (SSSR count). The number of allylic oxidation sites excluding steroid dienone is 4. The molecule has 0 radical (unpaired) electrons. The zero-order valence-corrected chi connectivity index (χ0v) is 10.5. The number of nitrogens with zero attached hydrogens (tertiary/aromatic N) is 1. The van der Waals surface area contributed by atoms with E-state index < -0.39 is 5.91 Å². The van der Waals surface area contributed by atoms with Gasteiger partial charge in [0.05, 0.1) is 0 Å². The molecule has 0 bridgehead atoms. The standard InChI is InChI=1S/C14H16N2O2/c1-4-7-9-13(17)12(10-15)14(18)16-11(6-3)8-5-2/h1,5-6,8,17H,7,9H2,2-3H3,(H,16,18)/b8-5-,11-6+,13-12-. The summed E-state index contributed by atoms with van der Waals surface area (Å²) in [6.07, 6.45) is 10.6. The quantitative estimate of drug-likeness (QED) is 0.256. The molecule has 2 N–H and O–H groups in total. The largest absolute Gasteiger partial charge is 0.511 e. The van der Waals surface area contributed by atoms with Crippen molar-refractivity contribution in [1.29, 1.82) is 5.26 Å². The highest BCUT2D eigenvalue weighted by atomic mass is 16.3. The van der Waals surface area contributed by atoms with Gasteiger partial charge in [-0.15, -0.1) is 12.3 Å². The maximum atomic E-state index is 11.7. The molecule has 94 valence electrons. The molecule has 0 heterocycles. The fraction of sp³-hybridized carbons (Fsp3) is 0.286. The number of amides is 1. The number of terminal acetylenes is 1. The Kier molecular flexibility index (Phi) is 7.48. The van der Waals surface area contributed by atoms with Gasteiger partial charge in [-0.05, 0) is 19.9 Å². The lowest BCUT2D eigenvalue weighted by atomic mass is 10.1. The first kappa shape index (κ1) is 15.5. The molecule has 0 saturated heterocycles. The minimum atomic E-state index is -0.641. The third-order valence-electron chi connectivity index (χ3n) is 2.05. The van der Waals surface area contributed by atoms with E-state index in [-0.39, 0.29) is 24.2 Å². The number of nitriles is 1. The second-order valence-corrected chi connectivity index (χ2v) is 3.34. The molecule has 0 aliphatic rings. The number of carbonyl (C=O) groups is 1. The van der Waals surface area contributed by atoms with Gasteiger partial charge in [0.15, 0.2) is 5.57 Å². The Hall–Kier alpha value is -2.46. The van der Waals surface area contributed by atoms with Crippen molar-refractivity contribution in [3.8, 4) is 18.4 Å². The van der Waals surface area contributed by atoms with E-state index in [9.17, 15) is 9.90 Å². The van der Waals surface area contributed by atoms with Gasteiger partial charge in [-0.3, -0.25) is 4.79 Å². The Morgan fingerprint density at radius 2 is 2.17 bits per heavy atom. The van der Waals surface area contributed by atoms with E-state index in [4.69, 9.17) is 11.7 Å². The van der Waals surface area contributed by atoms with E-state index in [1.165, 1.54) is 0 Å². The highest BCUT2D eigenvalue weighted by molar-refractivity contribution is 5.98. The van der Waals surface area contributed by atoms with Crippen molar-refractivity contribution in [3.63, 3.8) is 0 Å². The van der Waals surface area contributed by atoms with Crippen LogP contribution < -0.4 is 5.32 Å². The molecule has 18 heavy (non-hydrogen) atoms. The highest BCUT2D eigenvalue weighted by Gasteiger charge is 2.14. The summed E-state index contributed by atoms with van der Waals surface area (Å²) in [5.41, 5.74) is 0.245. The SMILES string of the molecule is C#CCC/C(O)=C(\C#N)C(=O)NC(/C=C\C)=C/C. The number of nitrogens with one attached hydrogen (secondary N) is 1. The Morgan fingerprint density at radius 3 is 2.61 bits per heavy atom. The predicted octanol–water partition coefficient (Wildman–Crippen LogP) is 2.33. The first-order valence-electron chi connectivity index (χ1n) is 5.46. The average Bonchev–Trinajstić information content (AvgIpc) is 2.36. The predicted molar refractivity (Wildman–Crippen MR) is 70.0 cm³/mol. The third-order valence-corrected chi connectivity index (χ3v) is 2.05. The number of hydrogen-bond acceptors (Lipinski definition) is 3. The summed E-state index contributed by atoms with van der Waals surface area (Å²) >= 11 is 0. The zero-order valence-electron chi connectivity index (χ0n) is 10.5. The van der Waals surface area contributed by atoms with Crippen molar-refractivity contribution < 1.29 is 9.90 Å². The van der Waals surface area contributed by atoms with Crippen LogP contribution in [0.5, 0.6) is 0 Å². The monoisotopic (exact) mass is 244 g/mol. The van der Waals surface area contributed by atoms with E-state index in [1.54, 1.807) is 38.1 Å². The summed E-state index contributed by atoms with van der Waals surface area (Å²) in [6, 6.07) is 1.68. The van der Waals surface area contributed by atoms with Crippen molar-refractivity contribution in [2.45, 2.75) is 26.7 Å². The van der Waals surface area contributed by atoms with E-state index in [0.29, 0.717) is 5.70 Å². The van der Waals surface area contributed by atoms with E-state index in [0.717, 1.165) is 0 Å². The normalized spacial score (nSPS) is 12.6. The maximum Gasteiger partial charge on any atom is 0.269 e. The van der Waals surface area contributed by atoms with E-state index >= 15 is 0 Å². The van der Waals surface area contributed by atoms with Crippen molar-refractivity contribution in [3.05, 3.63) is 35.3 Å². The topological polar surface area (TPSA) is 73.1 Å². The van der Waals surface area contributed by atoms with Crippen LogP contribution in [0.15, 0.2) is 35.3 Å². The lowest BCUT2D eigenvalue weighted by Gasteiger charge is -2.06. The summed E-state index contributed by atoms with van der Waals surface area (Å²) < 4.78 is 0. The van der Waals surface area contributed by atoms with Crippen LogP contribution >= 0.6 is 0 Å². The molecular weight excluding hydrogens is 228 g/mol. The zero-order chi connectivity index (χ0) is 14.0. The van der Waals surface area contributed by atoms with Crippen molar-refractivity contribution in [2.75, 3.05) is 0 Å². The summed E-state index contributed by atoms with van der Waals surface area (Å²) in [4.78, 5) is 11.7. The van der Waals surface area contributed by atoms with Gasteiger partial charge < -0.3 is 10.4 Å². The molecule has 0 saturated carbocycles. The fourth-order valence-electron chi connectivity index (χ4n) is 1.15. The number of hydrogen-bond donors (Lipinski definition) is 2. The van der Waals surface area contributed by atoms with Crippen LogP contribution in [0.1, 0.15) is 26.7 Å². The molecule has 0 spiro atoms. The van der Waals surface area contributed by atoms with Gasteiger partial charge in [0.25, 0.3) is 5.91 Å². The number of rotatable bonds is 5. The molecule has 0 aliphatic carbocycles. The molecule has 0 fully saturated rings. The summed E-state index contributed by atoms with van der Waals surface area (Å²) in [7, 11) is 0. The lowest BCUT2D eigenvalue weighted by molar-refractivity contribution is -0.116. The lowest BCUT2D eigenvalue weighted by Crippen LogP contribution is -2.24. The van der Waals surface area contributed by atoms with Crippen molar-refractivity contribution >= 4 is 5.91 Å². The Labute approximate surface area is 107 Å². The number of aliphatic hydroxyl groups is 1. The highest BCUT2D eigenvalue weighted by Crippen LogP contribution is 2.08. The fourth-order valence-corrected chi connectivity index (χ4v) is 1.15. The van der Waals surface area contributed by atoms with Crippen LogP contribution in [0, 0.1) is 23.7 Å². The summed E-state index contributed by atoms with van der Waals surface area (Å²) in [6.45, 7) is 3.56. The minimum absolute atomic E-state index is 0.113. The summed E-state index contributed by atoms with van der Waals surface area (Å²) in [5.74, 6) is 1.40. The molecule has 1 amide bonds. The second kappa shape index (κ2) is 8.66. The third kappa shape index (κ3) is 5.05. The van der Waals surface area contributed by atoms with E-state index in [1.807, 2.05) is 0 Å². The molecule has 0 unspecified atom stereocenters. The Morgan fingerprint density at radius 1 is 1.50 bits per heavy atom. The second-order valence-electron chi connectivity index (χ2n) is 3.34. The Balaban J connectivity index is 4.95. The molecule has 4 heteroatoms. The maximum absolute atomic E-state index is 11.7. The van der Waals surface area contributed by atoms with Crippen LogP contribution in [-0.2, 0) is 4.79 Å². The smallest absolute Gasteiger partial charge is 0.269 e. The van der Waals surface area contributed by atoms with Crippen LogP contribution in [0.25, 0.3) is 0 Å². The van der Waals surface area contributed by atoms with Crippen LogP contribution in [0.2, 0.25) is 0 Å². The minimum Gasteiger partial charge on any atom is -0.511 e. The average molecular weight is 244 g/mol. The summed E-state index contributed by atoms with van der Waals surface area (Å²) in [5, 5.41) is 21.0. The van der Waals surface area contributed by atoms with Gasteiger partial charge in [0, 0.05) is 18.5 Å². The molecule has 4 nitrogen and oxygen atoms in total. The van der Waals surface area contributed by atoms with Gasteiger partial charge in [0.2, 0.25) is 0 Å². The molecule has 0 aromatic heterocycles. The molecular formula is C14H16N2O2. The van der Waals surface area contributed by atoms with Crippen molar-refractivity contribution in [2.24, 2.45) is 0 Å². The first-order valence-corrected chi connectivity index (χ1v) is 5.46. The first-order chi connectivity index (χ1) is 8.60. The molecule has 0 aliphatic heterocycles. The van der Waals surface area contributed by atoms with Crippen LogP contribution in [0.4, 0.5) is 0 Å².